The molecule has 0 spiro atoms. The van der Waals surface area contributed by atoms with Gasteiger partial charge in [-0.25, -0.2) is 0 Å². The largest absolute Gasteiger partial charge is 0.372 e. The Morgan fingerprint density at radius 2 is 2.67 bits per heavy atom. The molecule has 3 nitrogen and oxygen atoms in total. The van der Waals surface area contributed by atoms with Crippen LogP contribution in [0.1, 0.15) is 0 Å². The highest BCUT2D eigenvalue weighted by molar-refractivity contribution is 5.30. The Morgan fingerprint density at radius 1 is 2.00 bits per heavy atom. The van der Waals surface area contributed by atoms with Gasteiger partial charge in [-0.3, -0.25) is 9.78 Å². The summed E-state index contributed by atoms with van der Waals surface area (Å²) in [6.45, 7) is 4.45. The van der Waals surface area contributed by atoms with Gasteiger partial charge in [-0.1, -0.05) is 6.08 Å². The zero-order valence-corrected chi connectivity index (χ0v) is 5.52. The summed E-state index contributed by atoms with van der Waals surface area (Å²) in [5.74, 6) is 1.05. The molecular formula is C6H11N3. The van der Waals surface area contributed by atoms with E-state index in [9.17, 15) is 0 Å². The van der Waals surface area contributed by atoms with Gasteiger partial charge < -0.3 is 5.32 Å². The van der Waals surface area contributed by atoms with Gasteiger partial charge in [0.25, 0.3) is 0 Å². The van der Waals surface area contributed by atoms with Crippen molar-refractivity contribution in [3.8, 4) is 0 Å². The van der Waals surface area contributed by atoms with E-state index in [1.165, 1.54) is 0 Å². The summed E-state index contributed by atoms with van der Waals surface area (Å²) in [5, 5.41) is 6.01. The van der Waals surface area contributed by atoms with Crippen molar-refractivity contribution >= 4 is 5.82 Å². The summed E-state index contributed by atoms with van der Waals surface area (Å²) in [5.41, 5.74) is 0. The standard InChI is InChI=1S/C6H11N3/c1-3-4-9-5-6(7-2)8-9/h3,5,7-8H,1,4H2,2H3. The molecule has 1 aromatic heterocycles. The molecule has 3 heteroatoms. The first-order valence-corrected chi connectivity index (χ1v) is 2.90. The zero-order valence-electron chi connectivity index (χ0n) is 5.52. The van der Waals surface area contributed by atoms with Gasteiger partial charge >= 0.3 is 0 Å². The molecule has 0 unspecified atom stereocenters. The third kappa shape index (κ3) is 1.16. The van der Waals surface area contributed by atoms with Gasteiger partial charge in [0.15, 0.2) is 0 Å². The number of hydrogen-bond donors (Lipinski definition) is 2. The maximum atomic E-state index is 3.60. The zero-order chi connectivity index (χ0) is 6.69. The Hall–Kier alpha value is -1.12. The van der Waals surface area contributed by atoms with Crippen molar-refractivity contribution in [3.63, 3.8) is 0 Å². The Morgan fingerprint density at radius 3 is 3.11 bits per heavy atom. The summed E-state index contributed by atoms with van der Waals surface area (Å²) >= 11 is 0. The van der Waals surface area contributed by atoms with Crippen molar-refractivity contribution in [2.45, 2.75) is 6.54 Å². The second-order valence-corrected chi connectivity index (χ2v) is 1.85. The van der Waals surface area contributed by atoms with Crippen LogP contribution in [0.25, 0.3) is 0 Å². The van der Waals surface area contributed by atoms with Crippen molar-refractivity contribution in [2.75, 3.05) is 12.4 Å². The van der Waals surface area contributed by atoms with Crippen LogP contribution < -0.4 is 5.32 Å². The number of anilines is 1. The van der Waals surface area contributed by atoms with E-state index in [0.717, 1.165) is 12.4 Å². The quantitative estimate of drug-likeness (QED) is 0.581. The molecule has 0 saturated heterocycles. The van der Waals surface area contributed by atoms with E-state index in [2.05, 4.69) is 17.0 Å². The van der Waals surface area contributed by atoms with E-state index < -0.39 is 0 Å². The van der Waals surface area contributed by atoms with Crippen LogP contribution in [0.5, 0.6) is 0 Å². The highest BCUT2D eigenvalue weighted by Gasteiger charge is 1.93. The van der Waals surface area contributed by atoms with Crippen LogP contribution in [0, 0.1) is 0 Å². The summed E-state index contributed by atoms with van der Waals surface area (Å²) in [6, 6.07) is 0. The van der Waals surface area contributed by atoms with Crippen LogP contribution in [0.2, 0.25) is 0 Å². The Bertz CT molecular complexity index is 173. The first-order valence-electron chi connectivity index (χ1n) is 2.90. The molecule has 0 aliphatic heterocycles. The molecule has 1 rings (SSSR count). The highest BCUT2D eigenvalue weighted by Crippen LogP contribution is 2.01. The number of nitrogens with zero attached hydrogens (tertiary/aromatic N) is 1. The van der Waals surface area contributed by atoms with Crippen molar-refractivity contribution in [2.24, 2.45) is 0 Å². The van der Waals surface area contributed by atoms with Crippen molar-refractivity contribution in [1.29, 1.82) is 0 Å². The van der Waals surface area contributed by atoms with E-state index in [0.29, 0.717) is 0 Å². The minimum absolute atomic E-state index is 0.852. The maximum Gasteiger partial charge on any atom is 0.136 e. The van der Waals surface area contributed by atoms with Crippen molar-refractivity contribution in [3.05, 3.63) is 18.9 Å². The van der Waals surface area contributed by atoms with Gasteiger partial charge in [-0.2, -0.15) is 0 Å². The van der Waals surface area contributed by atoms with Crippen molar-refractivity contribution in [1.82, 2.24) is 9.78 Å². The minimum Gasteiger partial charge on any atom is -0.372 e. The molecule has 9 heavy (non-hydrogen) atoms. The van der Waals surface area contributed by atoms with E-state index in [4.69, 9.17) is 0 Å². The van der Waals surface area contributed by atoms with Crippen LogP contribution in [-0.2, 0) is 6.54 Å². The fourth-order valence-electron chi connectivity index (χ4n) is 0.663. The molecule has 0 atom stereocenters. The average molecular weight is 125 g/mol. The van der Waals surface area contributed by atoms with Gasteiger partial charge in [0.05, 0.1) is 12.7 Å². The van der Waals surface area contributed by atoms with Crippen LogP contribution in [0.3, 0.4) is 0 Å². The summed E-state index contributed by atoms with van der Waals surface area (Å²) in [6.07, 6.45) is 3.83. The first-order chi connectivity index (χ1) is 4.36. The van der Waals surface area contributed by atoms with Gasteiger partial charge in [0.1, 0.15) is 5.82 Å². The SMILES string of the molecule is C=CCn1cc(NC)[nH]1. The van der Waals surface area contributed by atoms with E-state index in [-0.39, 0.29) is 0 Å². The number of rotatable bonds is 3. The van der Waals surface area contributed by atoms with Gasteiger partial charge in [0.2, 0.25) is 0 Å². The number of aromatic amines is 1. The molecule has 0 aliphatic carbocycles. The van der Waals surface area contributed by atoms with Crippen LogP contribution in [-0.4, -0.2) is 16.8 Å². The predicted octanol–water partition coefficient (Wildman–Crippen LogP) is 1.04. The molecule has 0 saturated carbocycles. The molecule has 0 aromatic carbocycles. The van der Waals surface area contributed by atoms with Crippen LogP contribution >= 0.6 is 0 Å². The summed E-state index contributed by atoms with van der Waals surface area (Å²) in [7, 11) is 1.88. The van der Waals surface area contributed by atoms with E-state index in [1.807, 2.05) is 24.0 Å². The predicted molar refractivity (Wildman–Crippen MR) is 38.5 cm³/mol. The Balaban J connectivity index is 2.41. The fraction of sp³-hybridized carbons (Fsp3) is 0.333. The second kappa shape index (κ2) is 2.44. The fourth-order valence-corrected chi connectivity index (χ4v) is 0.663. The average Bonchev–Trinajstić information content (AvgIpc) is 1.77. The third-order valence-electron chi connectivity index (χ3n) is 1.14. The molecule has 50 valence electrons. The van der Waals surface area contributed by atoms with Crippen molar-refractivity contribution < 1.29 is 0 Å². The lowest BCUT2D eigenvalue weighted by atomic mass is 10.6. The lowest BCUT2D eigenvalue weighted by molar-refractivity contribution is 0.645. The summed E-state index contributed by atoms with van der Waals surface area (Å²) < 4.78 is 1.94. The molecule has 1 heterocycles. The molecule has 0 bridgehead atoms. The molecule has 0 radical (unpaired) electrons. The van der Waals surface area contributed by atoms with Gasteiger partial charge in [-0.05, 0) is 0 Å². The van der Waals surface area contributed by atoms with E-state index >= 15 is 0 Å². The third-order valence-corrected chi connectivity index (χ3v) is 1.14. The Labute approximate surface area is 54.3 Å². The lowest BCUT2D eigenvalue weighted by Gasteiger charge is -2.12. The van der Waals surface area contributed by atoms with Crippen LogP contribution in [0.4, 0.5) is 5.82 Å². The smallest absolute Gasteiger partial charge is 0.136 e. The van der Waals surface area contributed by atoms with E-state index in [1.54, 1.807) is 0 Å². The number of hydrogen-bond acceptors (Lipinski definition) is 1. The number of allylic oxidation sites excluding steroid dienone is 1. The topological polar surface area (TPSA) is 32.8 Å². The minimum atomic E-state index is 0.852. The Kier molecular flexibility index (Phi) is 1.63. The number of H-pyrrole nitrogens is 1. The molecular weight excluding hydrogens is 114 g/mol. The maximum absolute atomic E-state index is 3.60. The van der Waals surface area contributed by atoms with Gasteiger partial charge in [-0.15, -0.1) is 6.58 Å². The monoisotopic (exact) mass is 125 g/mol. The molecule has 0 aliphatic rings. The molecule has 0 fully saturated rings. The number of aromatic nitrogens is 2. The second-order valence-electron chi connectivity index (χ2n) is 1.85. The normalized spacial score (nSPS) is 9.44. The lowest BCUT2D eigenvalue weighted by Crippen LogP contribution is -2.10. The van der Waals surface area contributed by atoms with Crippen LogP contribution in [0.15, 0.2) is 18.9 Å². The summed E-state index contributed by atoms with van der Waals surface area (Å²) in [4.78, 5) is 0. The molecule has 1 aromatic rings. The molecule has 0 amide bonds. The first kappa shape index (κ1) is 6.01. The highest BCUT2D eigenvalue weighted by atomic mass is 15.3. The molecule has 2 N–H and O–H groups in total. The van der Waals surface area contributed by atoms with Gasteiger partial charge in [0, 0.05) is 7.05 Å². The number of nitrogens with one attached hydrogen (secondary N) is 2.